The predicted molar refractivity (Wildman–Crippen MR) is 58.5 cm³/mol. The molecule has 0 saturated carbocycles. The second kappa shape index (κ2) is 3.94. The van der Waals surface area contributed by atoms with Crippen molar-refractivity contribution in [3.8, 4) is 0 Å². The van der Waals surface area contributed by atoms with Crippen molar-refractivity contribution < 1.29 is 9.90 Å². The van der Waals surface area contributed by atoms with Gasteiger partial charge in [-0.25, -0.2) is 0 Å². The summed E-state index contributed by atoms with van der Waals surface area (Å²) in [6, 6.07) is 1.58. The third-order valence-electron chi connectivity index (χ3n) is 2.54. The summed E-state index contributed by atoms with van der Waals surface area (Å²) in [5, 5.41) is 9.14. The zero-order valence-electron chi connectivity index (χ0n) is 9.24. The Labute approximate surface area is 88.9 Å². The lowest BCUT2D eigenvalue weighted by atomic mass is 10.0. The van der Waals surface area contributed by atoms with Gasteiger partial charge >= 0.3 is 0 Å². The zero-order chi connectivity index (χ0) is 11.6. The second-order valence-electron chi connectivity index (χ2n) is 4.18. The van der Waals surface area contributed by atoms with Gasteiger partial charge in [-0.1, -0.05) is 0 Å². The number of hydrogen-bond acceptors (Lipinski definition) is 3. The molecule has 1 heterocycles. The van der Waals surface area contributed by atoms with Gasteiger partial charge < -0.3 is 20.7 Å². The fourth-order valence-electron chi connectivity index (χ4n) is 1.10. The molecule has 0 bridgehead atoms. The summed E-state index contributed by atoms with van der Waals surface area (Å²) in [7, 11) is 1.65. The summed E-state index contributed by atoms with van der Waals surface area (Å²) >= 11 is 0. The van der Waals surface area contributed by atoms with Crippen LogP contribution in [0.25, 0.3) is 0 Å². The minimum absolute atomic E-state index is 0.0918. The number of aromatic nitrogens is 1. The van der Waals surface area contributed by atoms with E-state index in [1.54, 1.807) is 33.2 Å². The third-order valence-corrected chi connectivity index (χ3v) is 2.54. The number of H-pyrrole nitrogens is 1. The lowest BCUT2D eigenvalue weighted by Gasteiger charge is -2.33. The van der Waals surface area contributed by atoms with Crippen molar-refractivity contribution in [3.05, 3.63) is 18.0 Å². The van der Waals surface area contributed by atoms with Crippen molar-refractivity contribution in [1.82, 2.24) is 9.88 Å². The molecule has 0 unspecified atom stereocenters. The quantitative estimate of drug-likeness (QED) is 0.678. The Bertz CT molecular complexity index is 357. The second-order valence-corrected chi connectivity index (χ2v) is 4.18. The van der Waals surface area contributed by atoms with Crippen LogP contribution in [0.1, 0.15) is 24.3 Å². The normalized spacial score (nSPS) is 11.5. The molecule has 0 fully saturated rings. The minimum Gasteiger partial charge on any atom is -0.397 e. The van der Waals surface area contributed by atoms with Crippen LogP contribution >= 0.6 is 0 Å². The van der Waals surface area contributed by atoms with Crippen molar-refractivity contribution in [2.75, 3.05) is 19.4 Å². The topological polar surface area (TPSA) is 82.3 Å². The number of carbonyl (C=O) groups is 1. The van der Waals surface area contributed by atoms with Crippen LogP contribution in [-0.4, -0.2) is 40.1 Å². The number of nitrogen functional groups attached to an aromatic ring is 1. The van der Waals surface area contributed by atoms with E-state index in [0.29, 0.717) is 11.4 Å². The molecule has 0 aliphatic heterocycles. The number of nitrogens with one attached hydrogen (secondary N) is 1. The van der Waals surface area contributed by atoms with E-state index in [0.717, 1.165) is 0 Å². The molecule has 0 aliphatic carbocycles. The molecule has 0 atom stereocenters. The van der Waals surface area contributed by atoms with Crippen molar-refractivity contribution in [2.24, 2.45) is 0 Å². The van der Waals surface area contributed by atoms with Gasteiger partial charge in [0.1, 0.15) is 5.69 Å². The van der Waals surface area contributed by atoms with Gasteiger partial charge in [0.2, 0.25) is 0 Å². The Morgan fingerprint density at radius 3 is 2.67 bits per heavy atom. The standard InChI is InChI=1S/C10H17N3O2/c1-10(2,6-14)13(3)9(15)8-4-7(11)5-12-8/h4-5,12,14H,6,11H2,1-3H3. The maximum atomic E-state index is 11.9. The summed E-state index contributed by atoms with van der Waals surface area (Å²) in [5.74, 6) is -0.189. The number of anilines is 1. The van der Waals surface area contributed by atoms with Crippen LogP contribution in [0.5, 0.6) is 0 Å². The van der Waals surface area contributed by atoms with Gasteiger partial charge in [-0.3, -0.25) is 4.79 Å². The highest BCUT2D eigenvalue weighted by Gasteiger charge is 2.28. The molecule has 1 amide bonds. The fraction of sp³-hybridized carbons (Fsp3) is 0.500. The van der Waals surface area contributed by atoms with Crippen LogP contribution in [-0.2, 0) is 0 Å². The average molecular weight is 211 g/mol. The largest absolute Gasteiger partial charge is 0.397 e. The first-order chi connectivity index (χ1) is 6.88. The SMILES string of the molecule is CN(C(=O)c1cc(N)c[nH]1)C(C)(C)CO. The van der Waals surface area contributed by atoms with E-state index in [1.807, 2.05) is 0 Å². The molecule has 1 rings (SSSR count). The molecule has 84 valence electrons. The monoisotopic (exact) mass is 211 g/mol. The van der Waals surface area contributed by atoms with Gasteiger partial charge in [-0.15, -0.1) is 0 Å². The van der Waals surface area contributed by atoms with E-state index in [1.165, 1.54) is 4.90 Å². The Morgan fingerprint density at radius 1 is 1.67 bits per heavy atom. The third kappa shape index (κ3) is 2.30. The Kier molecular flexibility index (Phi) is 3.04. The van der Waals surface area contributed by atoms with E-state index < -0.39 is 5.54 Å². The average Bonchev–Trinajstić information content (AvgIpc) is 2.62. The Hall–Kier alpha value is -1.49. The number of aliphatic hydroxyl groups excluding tert-OH is 1. The molecule has 0 spiro atoms. The number of rotatable bonds is 3. The van der Waals surface area contributed by atoms with Crippen LogP contribution in [0.3, 0.4) is 0 Å². The van der Waals surface area contributed by atoms with Crippen LogP contribution < -0.4 is 5.73 Å². The fourth-order valence-corrected chi connectivity index (χ4v) is 1.10. The molecule has 1 aromatic heterocycles. The molecule has 0 radical (unpaired) electrons. The number of likely N-dealkylation sites (N-methyl/N-ethyl adjacent to an activating group) is 1. The van der Waals surface area contributed by atoms with E-state index in [-0.39, 0.29) is 12.5 Å². The number of nitrogens with two attached hydrogens (primary N) is 1. The summed E-state index contributed by atoms with van der Waals surface area (Å²) < 4.78 is 0. The highest BCUT2D eigenvalue weighted by atomic mass is 16.3. The van der Waals surface area contributed by atoms with E-state index in [4.69, 9.17) is 10.8 Å². The minimum atomic E-state index is -0.586. The summed E-state index contributed by atoms with van der Waals surface area (Å²) in [4.78, 5) is 16.2. The number of amides is 1. The first-order valence-electron chi connectivity index (χ1n) is 4.71. The lowest BCUT2D eigenvalue weighted by molar-refractivity contribution is 0.0468. The molecular formula is C10H17N3O2. The number of aliphatic hydroxyl groups is 1. The highest BCUT2D eigenvalue weighted by molar-refractivity contribution is 5.93. The van der Waals surface area contributed by atoms with Gasteiger partial charge in [0.15, 0.2) is 0 Å². The highest BCUT2D eigenvalue weighted by Crippen LogP contribution is 2.15. The van der Waals surface area contributed by atoms with Crippen molar-refractivity contribution in [3.63, 3.8) is 0 Å². The van der Waals surface area contributed by atoms with Gasteiger partial charge in [0, 0.05) is 18.9 Å². The van der Waals surface area contributed by atoms with Gasteiger partial charge in [0.25, 0.3) is 5.91 Å². The first-order valence-corrected chi connectivity index (χ1v) is 4.71. The van der Waals surface area contributed by atoms with E-state index in [9.17, 15) is 4.79 Å². The van der Waals surface area contributed by atoms with Gasteiger partial charge in [0.05, 0.1) is 12.1 Å². The summed E-state index contributed by atoms with van der Waals surface area (Å²) in [6.45, 7) is 3.49. The van der Waals surface area contributed by atoms with E-state index in [2.05, 4.69) is 4.98 Å². The van der Waals surface area contributed by atoms with Crippen LogP contribution in [0.15, 0.2) is 12.3 Å². The molecule has 0 saturated heterocycles. The lowest BCUT2D eigenvalue weighted by Crippen LogP contribution is -2.47. The zero-order valence-corrected chi connectivity index (χ0v) is 9.24. The number of nitrogens with zero attached hydrogens (tertiary/aromatic N) is 1. The van der Waals surface area contributed by atoms with Crippen LogP contribution in [0, 0.1) is 0 Å². The maximum Gasteiger partial charge on any atom is 0.270 e. The molecule has 0 aliphatic rings. The van der Waals surface area contributed by atoms with Crippen LogP contribution in [0.2, 0.25) is 0 Å². The van der Waals surface area contributed by atoms with Crippen molar-refractivity contribution in [1.29, 1.82) is 0 Å². The van der Waals surface area contributed by atoms with Gasteiger partial charge in [-0.2, -0.15) is 0 Å². The molecule has 15 heavy (non-hydrogen) atoms. The molecule has 5 heteroatoms. The van der Waals surface area contributed by atoms with E-state index >= 15 is 0 Å². The molecule has 5 nitrogen and oxygen atoms in total. The van der Waals surface area contributed by atoms with Gasteiger partial charge in [-0.05, 0) is 19.9 Å². The number of aromatic amines is 1. The molecule has 1 aromatic rings. The first kappa shape index (κ1) is 11.6. The molecule has 0 aromatic carbocycles. The molecular weight excluding hydrogens is 194 g/mol. The summed E-state index contributed by atoms with van der Waals surface area (Å²) in [5.41, 5.74) is 5.87. The Balaban J connectivity index is 2.86. The van der Waals surface area contributed by atoms with Crippen molar-refractivity contribution >= 4 is 11.6 Å². The predicted octanol–water partition coefficient (Wildman–Crippen LogP) is 0.440. The van der Waals surface area contributed by atoms with Crippen molar-refractivity contribution in [2.45, 2.75) is 19.4 Å². The number of hydrogen-bond donors (Lipinski definition) is 3. The molecule has 4 N–H and O–H groups in total. The van der Waals surface area contributed by atoms with Crippen LogP contribution in [0.4, 0.5) is 5.69 Å². The maximum absolute atomic E-state index is 11.9. The summed E-state index contributed by atoms with van der Waals surface area (Å²) in [6.07, 6.45) is 1.56. The number of carbonyl (C=O) groups excluding carboxylic acids is 1. The smallest absolute Gasteiger partial charge is 0.270 e. The Morgan fingerprint density at radius 2 is 2.27 bits per heavy atom.